The number of carbonyl (C=O) groups excluding carboxylic acids is 4. The Bertz CT molecular complexity index is 578. The van der Waals surface area contributed by atoms with Crippen LogP contribution >= 0.6 is 0 Å². The van der Waals surface area contributed by atoms with Gasteiger partial charge in [-0.15, -0.1) is 0 Å². The monoisotopic (exact) mass is 326 g/mol. The molecule has 1 fully saturated rings. The lowest BCUT2D eigenvalue weighted by Crippen LogP contribution is -2.44. The number of piperazine rings is 1. The predicted molar refractivity (Wildman–Crippen MR) is 76.8 cm³/mol. The van der Waals surface area contributed by atoms with E-state index in [9.17, 15) is 19.2 Å². The molecule has 1 heterocycles. The fraction of sp³-hybridized carbons (Fsp3) is 0.429. The van der Waals surface area contributed by atoms with Gasteiger partial charge in [-0.1, -0.05) is 0 Å². The molecule has 0 aromatic heterocycles. The summed E-state index contributed by atoms with van der Waals surface area (Å²) in [5, 5.41) is 5.25. The Balaban J connectivity index is 3.51. The predicted octanol–water partition coefficient (Wildman–Crippen LogP) is -1.20. The lowest BCUT2D eigenvalue weighted by Gasteiger charge is -2.21. The van der Waals surface area contributed by atoms with E-state index in [0.717, 1.165) is 20.3 Å². The summed E-state index contributed by atoms with van der Waals surface area (Å²) in [5.74, 6) is -3.40. The van der Waals surface area contributed by atoms with Gasteiger partial charge in [0.05, 0.1) is 26.4 Å². The van der Waals surface area contributed by atoms with Crippen LogP contribution in [0.25, 0.3) is 0 Å². The molecule has 0 spiro atoms. The molecule has 1 amide bonds. The molecule has 0 bridgehead atoms. The van der Waals surface area contributed by atoms with Gasteiger partial charge in [-0.05, 0) is 6.92 Å². The van der Waals surface area contributed by atoms with Crippen molar-refractivity contribution in [2.24, 2.45) is 0 Å². The van der Waals surface area contributed by atoms with Crippen molar-refractivity contribution in [3.8, 4) is 0 Å². The van der Waals surface area contributed by atoms with Crippen LogP contribution in [-0.4, -0.2) is 57.7 Å². The quantitative estimate of drug-likeness (QED) is 0.367. The molecule has 126 valence electrons. The second-order valence-electron chi connectivity index (χ2n) is 4.23. The molecule has 9 heteroatoms. The number of hydrogen-bond donors (Lipinski definition) is 2. The number of rotatable bonds is 5. The number of esters is 3. The van der Waals surface area contributed by atoms with Gasteiger partial charge in [-0.2, -0.15) is 0 Å². The molecule has 0 saturated carbocycles. The van der Waals surface area contributed by atoms with Crippen molar-refractivity contribution < 1.29 is 33.4 Å². The van der Waals surface area contributed by atoms with Crippen LogP contribution in [0.5, 0.6) is 0 Å². The molecule has 23 heavy (non-hydrogen) atoms. The van der Waals surface area contributed by atoms with Gasteiger partial charge < -0.3 is 24.8 Å². The van der Waals surface area contributed by atoms with Crippen molar-refractivity contribution in [1.82, 2.24) is 10.6 Å². The Morgan fingerprint density at radius 3 is 2.26 bits per heavy atom. The third-order valence-electron chi connectivity index (χ3n) is 2.81. The molecule has 0 radical (unpaired) electrons. The standard InChI is InChI=1S/C14H18N2O7/c1-4-23-14(20)10(11-12(18)16-6-5-15-11)8(13(19)22-3)7-9(17)21-2/h7,15H,4-6H2,1-3H3,(H,16,18)/b8-7-,11-10+. The second kappa shape index (κ2) is 8.57. The van der Waals surface area contributed by atoms with Crippen molar-refractivity contribution in [3.63, 3.8) is 0 Å². The first kappa shape index (κ1) is 18.2. The van der Waals surface area contributed by atoms with Crippen molar-refractivity contribution in [2.45, 2.75) is 6.92 Å². The Morgan fingerprint density at radius 2 is 1.74 bits per heavy atom. The lowest BCUT2D eigenvalue weighted by atomic mass is 10.0. The number of ether oxygens (including phenoxy) is 3. The van der Waals surface area contributed by atoms with E-state index in [2.05, 4.69) is 20.1 Å². The maximum Gasteiger partial charge on any atom is 0.341 e. The minimum Gasteiger partial charge on any atom is -0.466 e. The number of hydrogen-bond acceptors (Lipinski definition) is 8. The van der Waals surface area contributed by atoms with Crippen molar-refractivity contribution >= 4 is 23.8 Å². The highest BCUT2D eigenvalue weighted by molar-refractivity contribution is 6.14. The first-order chi connectivity index (χ1) is 11.0. The molecule has 1 aliphatic heterocycles. The summed E-state index contributed by atoms with van der Waals surface area (Å²) >= 11 is 0. The summed E-state index contributed by atoms with van der Waals surface area (Å²) < 4.78 is 13.9. The molecule has 0 aromatic carbocycles. The van der Waals surface area contributed by atoms with E-state index < -0.39 is 29.4 Å². The lowest BCUT2D eigenvalue weighted by molar-refractivity contribution is -0.141. The van der Waals surface area contributed by atoms with E-state index >= 15 is 0 Å². The Kier molecular flexibility index (Phi) is 6.78. The van der Waals surface area contributed by atoms with E-state index in [0.29, 0.717) is 13.1 Å². The summed E-state index contributed by atoms with van der Waals surface area (Å²) in [6.07, 6.45) is 0.772. The second-order valence-corrected chi connectivity index (χ2v) is 4.23. The average Bonchev–Trinajstić information content (AvgIpc) is 2.55. The van der Waals surface area contributed by atoms with Crippen LogP contribution in [-0.2, 0) is 33.4 Å². The Morgan fingerprint density at radius 1 is 1.09 bits per heavy atom. The van der Waals surface area contributed by atoms with Crippen LogP contribution in [0.4, 0.5) is 0 Å². The summed E-state index contributed by atoms with van der Waals surface area (Å²) in [7, 11) is 2.19. The zero-order chi connectivity index (χ0) is 17.4. The van der Waals surface area contributed by atoms with Crippen molar-refractivity contribution in [2.75, 3.05) is 33.9 Å². The molecule has 0 atom stereocenters. The largest absolute Gasteiger partial charge is 0.466 e. The summed E-state index contributed by atoms with van der Waals surface area (Å²) in [5.41, 5.74) is -0.992. The van der Waals surface area contributed by atoms with Crippen LogP contribution in [0, 0.1) is 0 Å². The third-order valence-corrected chi connectivity index (χ3v) is 2.81. The van der Waals surface area contributed by atoms with Crippen molar-refractivity contribution in [3.05, 3.63) is 22.9 Å². The van der Waals surface area contributed by atoms with E-state index in [-0.39, 0.29) is 17.9 Å². The van der Waals surface area contributed by atoms with E-state index in [4.69, 9.17) is 4.74 Å². The fourth-order valence-corrected chi connectivity index (χ4v) is 1.80. The van der Waals surface area contributed by atoms with Crippen molar-refractivity contribution in [1.29, 1.82) is 0 Å². The number of nitrogens with one attached hydrogen (secondary N) is 2. The number of amides is 1. The molecule has 2 N–H and O–H groups in total. The van der Waals surface area contributed by atoms with E-state index in [1.54, 1.807) is 6.92 Å². The van der Waals surface area contributed by atoms with Gasteiger partial charge in [-0.25, -0.2) is 14.4 Å². The number of methoxy groups -OCH3 is 2. The molecule has 9 nitrogen and oxygen atoms in total. The third kappa shape index (κ3) is 4.56. The molecule has 1 aliphatic rings. The summed E-state index contributed by atoms with van der Waals surface area (Å²) in [6, 6.07) is 0. The van der Waals surface area contributed by atoms with Gasteiger partial charge in [0.2, 0.25) is 0 Å². The normalized spacial score (nSPS) is 16.7. The molecule has 0 aromatic rings. The van der Waals surface area contributed by atoms with E-state index in [1.165, 1.54) is 0 Å². The van der Waals surface area contributed by atoms with Gasteiger partial charge in [0.1, 0.15) is 11.3 Å². The van der Waals surface area contributed by atoms with Crippen LogP contribution in [0.15, 0.2) is 22.9 Å². The van der Waals surface area contributed by atoms with E-state index in [1.807, 2.05) is 0 Å². The molecule has 1 saturated heterocycles. The number of carbonyl (C=O) groups is 4. The summed E-state index contributed by atoms with van der Waals surface area (Å²) in [6.45, 7) is 2.28. The Labute approximate surface area is 132 Å². The van der Waals surface area contributed by atoms with Gasteiger partial charge in [0.25, 0.3) is 5.91 Å². The van der Waals surface area contributed by atoms with Gasteiger partial charge in [0, 0.05) is 19.2 Å². The highest BCUT2D eigenvalue weighted by Crippen LogP contribution is 2.19. The average molecular weight is 326 g/mol. The molecular formula is C14H18N2O7. The topological polar surface area (TPSA) is 120 Å². The van der Waals surface area contributed by atoms with Crippen LogP contribution < -0.4 is 10.6 Å². The zero-order valence-corrected chi connectivity index (χ0v) is 13.1. The van der Waals surface area contributed by atoms with Gasteiger partial charge in [0.15, 0.2) is 0 Å². The fourth-order valence-electron chi connectivity index (χ4n) is 1.80. The highest BCUT2D eigenvalue weighted by atomic mass is 16.5. The maximum absolute atomic E-state index is 12.2. The first-order valence-electron chi connectivity index (χ1n) is 6.78. The smallest absolute Gasteiger partial charge is 0.341 e. The van der Waals surface area contributed by atoms with Crippen LogP contribution in [0.3, 0.4) is 0 Å². The SMILES string of the molecule is CCOC(=O)C(/C(=C/C(=O)OC)C(=O)OC)=C1/NCCNC1=O. The maximum atomic E-state index is 12.2. The first-order valence-corrected chi connectivity index (χ1v) is 6.78. The molecule has 0 aliphatic carbocycles. The summed E-state index contributed by atoms with van der Waals surface area (Å²) in [4.78, 5) is 47.7. The molecule has 1 rings (SSSR count). The molecule has 0 unspecified atom stereocenters. The Hall–Kier alpha value is -2.84. The zero-order valence-electron chi connectivity index (χ0n) is 13.1. The van der Waals surface area contributed by atoms with Crippen LogP contribution in [0.1, 0.15) is 6.92 Å². The highest BCUT2D eigenvalue weighted by Gasteiger charge is 2.31. The van der Waals surface area contributed by atoms with Gasteiger partial charge in [-0.3, -0.25) is 4.79 Å². The minimum absolute atomic E-state index is 0.0178. The van der Waals surface area contributed by atoms with Crippen LogP contribution in [0.2, 0.25) is 0 Å². The minimum atomic E-state index is -0.980. The molecular weight excluding hydrogens is 308 g/mol. The van der Waals surface area contributed by atoms with Gasteiger partial charge >= 0.3 is 17.9 Å².